The topological polar surface area (TPSA) is 111 Å². The fraction of sp³-hybridized carbons (Fsp3) is 0.217. The number of benzene rings is 1. The van der Waals surface area contributed by atoms with E-state index in [0.29, 0.717) is 40.5 Å². The number of carbonyl (C=O) groups excluding carboxylic acids is 1. The minimum atomic E-state index is -0.622. The van der Waals surface area contributed by atoms with Gasteiger partial charge < -0.3 is 18.4 Å². The van der Waals surface area contributed by atoms with Gasteiger partial charge in [0.15, 0.2) is 11.5 Å². The molecule has 31 heavy (non-hydrogen) atoms. The molecule has 4 aromatic rings. The number of esters is 1. The SMILES string of the molecule is CCOc1cc(C#N)ccc1OC(=O)c1cc(-c2cc(C)oc2C)nc2onc(C)c12. The molecule has 0 saturated heterocycles. The molecule has 3 aromatic heterocycles. The van der Waals surface area contributed by atoms with Crippen LogP contribution in [0, 0.1) is 32.1 Å². The maximum absolute atomic E-state index is 13.2. The molecule has 156 valence electrons. The summed E-state index contributed by atoms with van der Waals surface area (Å²) in [7, 11) is 0. The fourth-order valence-electron chi connectivity index (χ4n) is 3.36. The highest BCUT2D eigenvalue weighted by atomic mass is 16.6. The largest absolute Gasteiger partial charge is 0.490 e. The predicted octanol–water partition coefficient (Wildman–Crippen LogP) is 4.90. The molecule has 4 rings (SSSR count). The van der Waals surface area contributed by atoms with Gasteiger partial charge in [0, 0.05) is 11.6 Å². The number of nitrogens with zero attached hydrogens (tertiary/aromatic N) is 3. The molecule has 0 radical (unpaired) electrons. The van der Waals surface area contributed by atoms with Gasteiger partial charge in [-0.1, -0.05) is 5.16 Å². The monoisotopic (exact) mass is 417 g/mol. The summed E-state index contributed by atoms with van der Waals surface area (Å²) in [6.07, 6.45) is 0. The minimum absolute atomic E-state index is 0.210. The smallest absolute Gasteiger partial charge is 0.344 e. The summed E-state index contributed by atoms with van der Waals surface area (Å²) in [5.41, 5.74) is 2.66. The van der Waals surface area contributed by atoms with Gasteiger partial charge in [-0.2, -0.15) is 5.26 Å². The first kappa shape index (κ1) is 20.2. The summed E-state index contributed by atoms with van der Waals surface area (Å²) < 4.78 is 22.1. The number of nitriles is 1. The van der Waals surface area contributed by atoms with Crippen molar-refractivity contribution in [3.8, 4) is 28.8 Å². The van der Waals surface area contributed by atoms with Crippen LogP contribution in [0.3, 0.4) is 0 Å². The molecule has 0 aliphatic carbocycles. The number of rotatable bonds is 5. The van der Waals surface area contributed by atoms with Gasteiger partial charge in [-0.15, -0.1) is 0 Å². The lowest BCUT2D eigenvalue weighted by molar-refractivity contribution is 0.0730. The van der Waals surface area contributed by atoms with Crippen LogP contribution in [0.25, 0.3) is 22.4 Å². The normalized spacial score (nSPS) is 10.8. The number of furan rings is 1. The van der Waals surface area contributed by atoms with Crippen LogP contribution in [0.1, 0.15) is 40.1 Å². The van der Waals surface area contributed by atoms with Crippen LogP contribution in [0.4, 0.5) is 0 Å². The number of aryl methyl sites for hydroxylation is 3. The van der Waals surface area contributed by atoms with Crippen LogP contribution in [0.2, 0.25) is 0 Å². The summed E-state index contributed by atoms with van der Waals surface area (Å²) in [5.74, 6) is 1.30. The van der Waals surface area contributed by atoms with Crippen molar-refractivity contribution < 1.29 is 23.2 Å². The molecule has 0 atom stereocenters. The Morgan fingerprint density at radius 3 is 2.65 bits per heavy atom. The number of aromatic nitrogens is 2. The second-order valence-corrected chi connectivity index (χ2v) is 6.93. The third kappa shape index (κ3) is 3.73. The van der Waals surface area contributed by atoms with Crippen LogP contribution < -0.4 is 9.47 Å². The first-order valence-electron chi connectivity index (χ1n) is 9.64. The fourth-order valence-corrected chi connectivity index (χ4v) is 3.36. The molecule has 0 amide bonds. The van der Waals surface area contributed by atoms with Crippen LogP contribution in [-0.2, 0) is 0 Å². The van der Waals surface area contributed by atoms with E-state index < -0.39 is 5.97 Å². The van der Waals surface area contributed by atoms with Crippen LogP contribution in [-0.4, -0.2) is 22.7 Å². The maximum atomic E-state index is 13.2. The van der Waals surface area contributed by atoms with Gasteiger partial charge in [-0.05, 0) is 52.0 Å². The van der Waals surface area contributed by atoms with Crippen molar-refractivity contribution >= 4 is 17.1 Å². The number of fused-ring (bicyclic) bond motifs is 1. The Bertz CT molecular complexity index is 1340. The molecule has 1 aromatic carbocycles. The second-order valence-electron chi connectivity index (χ2n) is 6.93. The molecule has 8 nitrogen and oxygen atoms in total. The van der Waals surface area contributed by atoms with Crippen molar-refractivity contribution in [3.05, 3.63) is 58.7 Å². The Morgan fingerprint density at radius 1 is 1.16 bits per heavy atom. The Hall–Kier alpha value is -4.12. The van der Waals surface area contributed by atoms with Gasteiger partial charge in [-0.3, -0.25) is 0 Å². The van der Waals surface area contributed by atoms with E-state index in [1.54, 1.807) is 26.0 Å². The highest BCUT2D eigenvalue weighted by Gasteiger charge is 2.23. The molecular weight excluding hydrogens is 398 g/mol. The predicted molar refractivity (Wildman–Crippen MR) is 111 cm³/mol. The standard InChI is InChI=1S/C23H19N3O5/c1-5-28-20-9-15(11-24)6-7-19(20)30-23(27)17-10-18(16-8-12(2)29-14(16)4)25-22-21(17)13(3)26-31-22/h6-10H,5H2,1-4H3. The summed E-state index contributed by atoms with van der Waals surface area (Å²) in [4.78, 5) is 17.7. The van der Waals surface area contributed by atoms with E-state index >= 15 is 0 Å². The van der Waals surface area contributed by atoms with Gasteiger partial charge in [0.25, 0.3) is 5.71 Å². The zero-order valence-electron chi connectivity index (χ0n) is 17.5. The van der Waals surface area contributed by atoms with Crippen LogP contribution in [0.5, 0.6) is 11.5 Å². The van der Waals surface area contributed by atoms with Gasteiger partial charge in [0.05, 0.1) is 40.6 Å². The molecule has 0 N–H and O–H groups in total. The zero-order chi connectivity index (χ0) is 22.1. The van der Waals surface area contributed by atoms with E-state index in [-0.39, 0.29) is 17.0 Å². The number of carbonyl (C=O) groups is 1. The highest BCUT2D eigenvalue weighted by molar-refractivity contribution is 6.05. The maximum Gasteiger partial charge on any atom is 0.344 e. The lowest BCUT2D eigenvalue weighted by Gasteiger charge is -2.11. The van der Waals surface area contributed by atoms with Crippen molar-refractivity contribution in [2.75, 3.05) is 6.61 Å². The summed E-state index contributed by atoms with van der Waals surface area (Å²) in [5, 5.41) is 13.5. The van der Waals surface area contributed by atoms with E-state index in [9.17, 15) is 4.79 Å². The van der Waals surface area contributed by atoms with Gasteiger partial charge in [0.1, 0.15) is 11.5 Å². The van der Waals surface area contributed by atoms with E-state index in [1.165, 1.54) is 12.1 Å². The van der Waals surface area contributed by atoms with Crippen molar-refractivity contribution in [1.29, 1.82) is 5.26 Å². The molecule has 0 aliphatic heterocycles. The quantitative estimate of drug-likeness (QED) is 0.333. The molecule has 0 unspecified atom stereocenters. The molecule has 8 heteroatoms. The van der Waals surface area contributed by atoms with Crippen LogP contribution in [0.15, 0.2) is 39.3 Å². The van der Waals surface area contributed by atoms with Gasteiger partial charge in [0.2, 0.25) is 0 Å². The average Bonchev–Trinajstić information content (AvgIpc) is 3.30. The van der Waals surface area contributed by atoms with E-state index in [4.69, 9.17) is 23.7 Å². The molecule has 0 bridgehead atoms. The lowest BCUT2D eigenvalue weighted by Crippen LogP contribution is -2.11. The van der Waals surface area contributed by atoms with Crippen molar-refractivity contribution in [2.24, 2.45) is 0 Å². The Labute approximate surface area is 178 Å². The van der Waals surface area contributed by atoms with Crippen molar-refractivity contribution in [3.63, 3.8) is 0 Å². The Kier molecular flexibility index (Phi) is 5.17. The average molecular weight is 417 g/mol. The number of pyridine rings is 1. The Balaban J connectivity index is 1.80. The van der Waals surface area contributed by atoms with Crippen LogP contribution >= 0.6 is 0 Å². The first-order valence-corrected chi connectivity index (χ1v) is 9.64. The molecule has 0 saturated carbocycles. The second kappa shape index (κ2) is 7.95. The number of ether oxygens (including phenoxy) is 2. The third-order valence-corrected chi connectivity index (χ3v) is 4.73. The zero-order valence-corrected chi connectivity index (χ0v) is 17.5. The lowest BCUT2D eigenvalue weighted by atomic mass is 10.1. The Morgan fingerprint density at radius 2 is 1.97 bits per heavy atom. The van der Waals surface area contributed by atoms with Crippen molar-refractivity contribution in [2.45, 2.75) is 27.7 Å². The summed E-state index contributed by atoms with van der Waals surface area (Å²) in [6.45, 7) is 7.54. The summed E-state index contributed by atoms with van der Waals surface area (Å²) in [6, 6.07) is 10.1. The van der Waals surface area contributed by atoms with Gasteiger partial charge >= 0.3 is 5.97 Å². The molecular formula is C23H19N3O5. The van der Waals surface area contributed by atoms with E-state index in [2.05, 4.69) is 10.1 Å². The van der Waals surface area contributed by atoms with E-state index in [0.717, 1.165) is 11.3 Å². The first-order chi connectivity index (χ1) is 14.9. The third-order valence-electron chi connectivity index (χ3n) is 4.73. The van der Waals surface area contributed by atoms with Gasteiger partial charge in [-0.25, -0.2) is 9.78 Å². The van der Waals surface area contributed by atoms with Crippen molar-refractivity contribution in [1.82, 2.24) is 10.1 Å². The number of hydrogen-bond donors (Lipinski definition) is 0. The number of hydrogen-bond acceptors (Lipinski definition) is 8. The molecule has 0 aliphatic rings. The van der Waals surface area contributed by atoms with E-state index in [1.807, 2.05) is 26.0 Å². The molecule has 0 fully saturated rings. The molecule has 0 spiro atoms. The summed E-state index contributed by atoms with van der Waals surface area (Å²) >= 11 is 0. The highest BCUT2D eigenvalue weighted by Crippen LogP contribution is 2.33. The molecule has 3 heterocycles. The minimum Gasteiger partial charge on any atom is -0.490 e.